The van der Waals surface area contributed by atoms with Gasteiger partial charge >= 0.3 is 6.03 Å². The number of carbonyl (C=O) groups is 1. The lowest BCUT2D eigenvalue weighted by Gasteiger charge is -2.39. The topological polar surface area (TPSA) is 53.8 Å². The molecule has 180 valence electrons. The van der Waals surface area contributed by atoms with Crippen LogP contribution in [-0.4, -0.2) is 89.8 Å². The van der Waals surface area contributed by atoms with E-state index in [-0.39, 0.29) is 6.03 Å². The maximum Gasteiger partial charge on any atom is 0.320 e. The van der Waals surface area contributed by atoms with Crippen molar-refractivity contribution >= 4 is 28.5 Å². The minimum Gasteiger partial charge on any atom is -0.383 e. The van der Waals surface area contributed by atoms with Crippen molar-refractivity contribution in [2.24, 2.45) is 0 Å². The molecule has 0 unspecified atom stereocenters. The van der Waals surface area contributed by atoms with Gasteiger partial charge in [0.1, 0.15) is 0 Å². The molecule has 0 radical (unpaired) electrons. The third-order valence-corrected chi connectivity index (χ3v) is 7.46. The van der Waals surface area contributed by atoms with Crippen LogP contribution in [0.1, 0.15) is 24.3 Å². The Morgan fingerprint density at radius 2 is 1.74 bits per heavy atom. The van der Waals surface area contributed by atoms with Crippen LogP contribution in [0.15, 0.2) is 48.9 Å². The van der Waals surface area contributed by atoms with E-state index in [2.05, 4.69) is 26.7 Å². The fourth-order valence-corrected chi connectivity index (χ4v) is 5.33. The van der Waals surface area contributed by atoms with Crippen molar-refractivity contribution < 1.29 is 9.53 Å². The van der Waals surface area contributed by atoms with Crippen LogP contribution >= 0.6 is 11.6 Å². The highest BCUT2D eigenvalue weighted by atomic mass is 35.5. The Bertz CT molecular complexity index is 1120. The van der Waals surface area contributed by atoms with Gasteiger partial charge in [0.25, 0.3) is 0 Å². The second-order valence-corrected chi connectivity index (χ2v) is 9.63. The van der Waals surface area contributed by atoms with E-state index in [0.717, 1.165) is 81.5 Å². The van der Waals surface area contributed by atoms with E-state index in [0.29, 0.717) is 5.92 Å². The maximum atomic E-state index is 13.1. The Morgan fingerprint density at radius 3 is 2.44 bits per heavy atom. The molecular formula is C26H32ClN5O2. The number of pyridine rings is 1. The Morgan fingerprint density at radius 1 is 1.03 bits per heavy atom. The molecule has 1 aromatic carbocycles. The molecule has 5 rings (SSSR count). The number of piperidine rings is 1. The number of nitrogens with zero attached hydrogens (tertiary/aromatic N) is 5. The minimum absolute atomic E-state index is 0.192. The maximum absolute atomic E-state index is 13.1. The number of halogens is 1. The molecule has 4 heterocycles. The number of hydrogen-bond acceptors (Lipinski definition) is 4. The van der Waals surface area contributed by atoms with Crippen molar-refractivity contribution in [3.05, 3.63) is 59.5 Å². The van der Waals surface area contributed by atoms with E-state index >= 15 is 0 Å². The molecule has 2 aliphatic heterocycles. The molecule has 2 aromatic heterocycles. The highest BCUT2D eigenvalue weighted by Gasteiger charge is 2.30. The van der Waals surface area contributed by atoms with E-state index in [9.17, 15) is 4.79 Å². The van der Waals surface area contributed by atoms with Crippen molar-refractivity contribution in [3.8, 4) is 5.69 Å². The van der Waals surface area contributed by atoms with Gasteiger partial charge < -0.3 is 19.1 Å². The number of hydrogen-bond donors (Lipinski definition) is 0. The number of amides is 2. The minimum atomic E-state index is 0.192. The van der Waals surface area contributed by atoms with E-state index in [1.165, 1.54) is 10.9 Å². The molecule has 7 nitrogen and oxygen atoms in total. The monoisotopic (exact) mass is 481 g/mol. The molecule has 0 bridgehead atoms. The Hall–Kier alpha value is -2.61. The van der Waals surface area contributed by atoms with Gasteiger partial charge in [0.15, 0.2) is 0 Å². The molecule has 2 amide bonds. The highest BCUT2D eigenvalue weighted by molar-refractivity contribution is 6.30. The highest BCUT2D eigenvalue weighted by Crippen LogP contribution is 2.35. The summed E-state index contributed by atoms with van der Waals surface area (Å²) in [6.45, 7) is 6.70. The van der Waals surface area contributed by atoms with Crippen molar-refractivity contribution in [1.82, 2.24) is 24.3 Å². The number of aromatic nitrogens is 2. The molecule has 0 aliphatic carbocycles. The van der Waals surface area contributed by atoms with Gasteiger partial charge in [-0.2, -0.15) is 0 Å². The number of carbonyl (C=O) groups excluding carboxylic acids is 1. The van der Waals surface area contributed by atoms with Crippen molar-refractivity contribution in [1.29, 1.82) is 0 Å². The van der Waals surface area contributed by atoms with Gasteiger partial charge in [-0.15, -0.1) is 0 Å². The predicted molar refractivity (Wildman–Crippen MR) is 135 cm³/mol. The van der Waals surface area contributed by atoms with Gasteiger partial charge in [0.2, 0.25) is 0 Å². The van der Waals surface area contributed by atoms with Gasteiger partial charge in [0.05, 0.1) is 18.3 Å². The summed E-state index contributed by atoms with van der Waals surface area (Å²) in [6.07, 6.45) is 7.99. The van der Waals surface area contributed by atoms with Crippen LogP contribution in [0.4, 0.5) is 4.79 Å². The first-order valence-electron chi connectivity index (χ1n) is 12.1. The molecule has 2 fully saturated rings. The van der Waals surface area contributed by atoms with Crippen molar-refractivity contribution in [3.63, 3.8) is 0 Å². The van der Waals surface area contributed by atoms with Crippen molar-refractivity contribution in [2.75, 3.05) is 59.5 Å². The smallest absolute Gasteiger partial charge is 0.320 e. The van der Waals surface area contributed by atoms with Crippen LogP contribution < -0.4 is 0 Å². The number of likely N-dealkylation sites (tertiary alicyclic amines) is 1. The van der Waals surface area contributed by atoms with E-state index in [1.54, 1.807) is 7.11 Å². The third kappa shape index (κ3) is 4.78. The van der Waals surface area contributed by atoms with Gasteiger partial charge in [-0.05, 0) is 54.7 Å². The lowest BCUT2D eigenvalue weighted by molar-refractivity contribution is 0.0884. The van der Waals surface area contributed by atoms with Crippen LogP contribution in [0.25, 0.3) is 16.6 Å². The summed E-state index contributed by atoms with van der Waals surface area (Å²) in [5, 5.41) is 1.97. The van der Waals surface area contributed by atoms with Gasteiger partial charge in [-0.25, -0.2) is 4.79 Å². The zero-order valence-electron chi connectivity index (χ0n) is 19.7. The first-order valence-corrected chi connectivity index (χ1v) is 12.5. The number of benzene rings is 1. The zero-order chi connectivity index (χ0) is 23.5. The summed E-state index contributed by atoms with van der Waals surface area (Å²) >= 11 is 6.10. The fraction of sp³-hybridized carbons (Fsp3) is 0.462. The fourth-order valence-electron chi connectivity index (χ4n) is 5.21. The van der Waals surface area contributed by atoms with Crippen LogP contribution in [0.5, 0.6) is 0 Å². The van der Waals surface area contributed by atoms with Crippen LogP contribution in [0, 0.1) is 0 Å². The van der Waals surface area contributed by atoms with E-state index in [1.807, 2.05) is 46.5 Å². The first-order chi connectivity index (χ1) is 16.6. The molecule has 8 heteroatoms. The number of fused-ring (bicyclic) bond motifs is 1. The molecule has 0 spiro atoms. The molecule has 0 saturated carbocycles. The van der Waals surface area contributed by atoms with Crippen LogP contribution in [-0.2, 0) is 4.74 Å². The molecule has 34 heavy (non-hydrogen) atoms. The van der Waals surface area contributed by atoms with Crippen LogP contribution in [0.2, 0.25) is 5.02 Å². The van der Waals surface area contributed by atoms with E-state index in [4.69, 9.17) is 16.3 Å². The number of rotatable bonds is 5. The second kappa shape index (κ2) is 10.3. The Balaban J connectivity index is 1.25. The standard InChI is InChI=1S/C26H32ClN5O2/c1-34-17-16-29-12-14-31(15-13-29)26(33)30-10-7-20(8-11-30)24-19-32(22-4-2-21(27)3-5-22)25-18-28-9-6-23(24)25/h2-6,9,18-20H,7-8,10-17H2,1H3. The first kappa shape index (κ1) is 23.1. The summed E-state index contributed by atoms with van der Waals surface area (Å²) in [5.41, 5.74) is 3.52. The summed E-state index contributed by atoms with van der Waals surface area (Å²) in [6, 6.07) is 10.2. The quantitative estimate of drug-likeness (QED) is 0.547. The lowest BCUT2D eigenvalue weighted by atomic mass is 9.89. The van der Waals surface area contributed by atoms with Gasteiger partial charge in [-0.1, -0.05) is 11.6 Å². The second-order valence-electron chi connectivity index (χ2n) is 9.19. The molecule has 3 aromatic rings. The average molecular weight is 482 g/mol. The van der Waals surface area contributed by atoms with Gasteiger partial charge in [-0.3, -0.25) is 9.88 Å². The van der Waals surface area contributed by atoms with Gasteiger partial charge in [0, 0.05) is 81.4 Å². The number of piperazine rings is 1. The normalized spacial score (nSPS) is 18.1. The van der Waals surface area contributed by atoms with Crippen LogP contribution in [0.3, 0.4) is 0 Å². The number of urea groups is 1. The van der Waals surface area contributed by atoms with E-state index < -0.39 is 0 Å². The molecule has 0 atom stereocenters. The predicted octanol–water partition coefficient (Wildman–Crippen LogP) is 4.24. The third-order valence-electron chi connectivity index (χ3n) is 7.20. The SMILES string of the molecule is COCCN1CCN(C(=O)N2CCC(c3cn(-c4ccc(Cl)cc4)c4cnccc34)CC2)CC1. The largest absolute Gasteiger partial charge is 0.383 e. The Labute approximate surface area is 205 Å². The summed E-state index contributed by atoms with van der Waals surface area (Å²) in [7, 11) is 1.73. The summed E-state index contributed by atoms with van der Waals surface area (Å²) in [4.78, 5) is 23.9. The molecule has 2 saturated heterocycles. The zero-order valence-corrected chi connectivity index (χ0v) is 20.5. The molecular weight excluding hydrogens is 450 g/mol. The van der Waals surface area contributed by atoms with Crippen molar-refractivity contribution in [2.45, 2.75) is 18.8 Å². The summed E-state index contributed by atoms with van der Waals surface area (Å²) < 4.78 is 7.38. The summed E-state index contributed by atoms with van der Waals surface area (Å²) in [5.74, 6) is 0.424. The Kier molecular flexibility index (Phi) is 7.04. The number of methoxy groups -OCH3 is 1. The number of ether oxygens (including phenoxy) is 1. The molecule has 2 aliphatic rings. The average Bonchev–Trinajstić information content (AvgIpc) is 3.28. The lowest BCUT2D eigenvalue weighted by Crippen LogP contribution is -2.54. The molecule has 0 N–H and O–H groups in total.